The van der Waals surface area contributed by atoms with Crippen LogP contribution >= 0.6 is 11.3 Å². The first-order valence-electron chi connectivity index (χ1n) is 8.30. The van der Waals surface area contributed by atoms with E-state index in [1.165, 1.54) is 11.3 Å². The second kappa shape index (κ2) is 6.55. The first-order valence-corrected chi connectivity index (χ1v) is 9.12. The lowest BCUT2D eigenvalue weighted by atomic mass is 9.90. The van der Waals surface area contributed by atoms with E-state index in [9.17, 15) is 14.7 Å². The molecular formula is C19H17N3O4S. The van der Waals surface area contributed by atoms with Crippen LogP contribution in [0.15, 0.2) is 36.7 Å². The second-order valence-electron chi connectivity index (χ2n) is 6.33. The molecule has 0 aliphatic carbocycles. The van der Waals surface area contributed by atoms with Gasteiger partial charge in [-0.2, -0.15) is 5.10 Å². The van der Waals surface area contributed by atoms with E-state index >= 15 is 0 Å². The summed E-state index contributed by atoms with van der Waals surface area (Å²) in [5.74, 6) is -0.685. The monoisotopic (exact) mass is 383 g/mol. The number of benzene rings is 1. The van der Waals surface area contributed by atoms with Crippen LogP contribution in [0.1, 0.15) is 32.5 Å². The van der Waals surface area contributed by atoms with Gasteiger partial charge in [-0.1, -0.05) is 12.1 Å². The molecule has 0 fully saturated rings. The quantitative estimate of drug-likeness (QED) is 0.721. The van der Waals surface area contributed by atoms with Crippen LogP contribution in [-0.2, 0) is 11.8 Å². The molecule has 0 saturated heterocycles. The topological polar surface area (TPSA) is 93.4 Å². The predicted octanol–water partition coefficient (Wildman–Crippen LogP) is 3.33. The minimum atomic E-state index is -1.01. The van der Waals surface area contributed by atoms with Gasteiger partial charge in [-0.05, 0) is 23.3 Å². The van der Waals surface area contributed by atoms with Crippen LogP contribution in [0, 0.1) is 0 Å². The number of amides is 1. The molecule has 1 amide bonds. The molecule has 0 unspecified atom stereocenters. The van der Waals surface area contributed by atoms with E-state index in [4.69, 9.17) is 4.74 Å². The van der Waals surface area contributed by atoms with E-state index in [-0.39, 0.29) is 23.1 Å². The van der Waals surface area contributed by atoms with Crippen molar-refractivity contribution in [1.82, 2.24) is 9.78 Å². The van der Waals surface area contributed by atoms with E-state index in [2.05, 4.69) is 10.4 Å². The molecule has 138 valence electrons. The van der Waals surface area contributed by atoms with Crippen molar-refractivity contribution in [3.63, 3.8) is 0 Å². The standard InChI is InChI=1S/C19H17N3O4S/c1-22-9-11(8-20-22)13-7-14(23)21-16-15(18(19(24)25)27-17(13)16)10-3-5-12(26-2)6-4-10/h3-6,8-9,13H,7H2,1-2H3,(H,21,23)(H,24,25)/t13-/m1/s1. The number of carbonyl (C=O) groups is 2. The number of rotatable bonds is 4. The number of nitrogens with zero attached hydrogens (tertiary/aromatic N) is 2. The Kier molecular flexibility index (Phi) is 4.19. The molecule has 8 heteroatoms. The number of aromatic carboxylic acids is 1. The average molecular weight is 383 g/mol. The second-order valence-corrected chi connectivity index (χ2v) is 7.38. The van der Waals surface area contributed by atoms with Gasteiger partial charge < -0.3 is 15.2 Å². The van der Waals surface area contributed by atoms with Gasteiger partial charge in [0.15, 0.2) is 0 Å². The van der Waals surface area contributed by atoms with Crippen molar-refractivity contribution in [1.29, 1.82) is 0 Å². The molecule has 3 aromatic rings. The van der Waals surface area contributed by atoms with Crippen molar-refractivity contribution in [3.05, 3.63) is 52.0 Å². The van der Waals surface area contributed by atoms with E-state index in [1.54, 1.807) is 42.3 Å². The highest BCUT2D eigenvalue weighted by Crippen LogP contribution is 2.49. The van der Waals surface area contributed by atoms with Crippen molar-refractivity contribution in [3.8, 4) is 16.9 Å². The molecular weight excluding hydrogens is 366 g/mol. The number of carbonyl (C=O) groups excluding carboxylic acids is 1. The molecule has 1 aliphatic rings. The molecule has 3 heterocycles. The number of nitrogens with one attached hydrogen (secondary N) is 1. The molecule has 2 N–H and O–H groups in total. The molecule has 1 aromatic carbocycles. The fourth-order valence-electron chi connectivity index (χ4n) is 3.36. The number of ether oxygens (including phenoxy) is 1. The number of fused-ring (bicyclic) bond motifs is 1. The predicted molar refractivity (Wildman–Crippen MR) is 102 cm³/mol. The maximum absolute atomic E-state index is 12.4. The summed E-state index contributed by atoms with van der Waals surface area (Å²) in [4.78, 5) is 25.3. The van der Waals surface area contributed by atoms with Crippen molar-refractivity contribution < 1.29 is 19.4 Å². The zero-order valence-corrected chi connectivity index (χ0v) is 15.5. The molecule has 0 spiro atoms. The molecule has 1 atom stereocenters. The van der Waals surface area contributed by atoms with E-state index in [1.807, 2.05) is 13.2 Å². The normalized spacial score (nSPS) is 15.9. The molecule has 1 aliphatic heterocycles. The van der Waals surface area contributed by atoms with Crippen LogP contribution in [-0.4, -0.2) is 33.9 Å². The third kappa shape index (κ3) is 2.97. The Bertz CT molecular complexity index is 1040. The Labute approximate surface area is 159 Å². The lowest BCUT2D eigenvalue weighted by Gasteiger charge is -2.22. The average Bonchev–Trinajstić information content (AvgIpc) is 3.25. The number of hydrogen-bond acceptors (Lipinski definition) is 5. The zero-order valence-electron chi connectivity index (χ0n) is 14.7. The highest BCUT2D eigenvalue weighted by Gasteiger charge is 2.34. The molecule has 4 rings (SSSR count). The summed E-state index contributed by atoms with van der Waals surface area (Å²) in [6.45, 7) is 0. The highest BCUT2D eigenvalue weighted by atomic mass is 32.1. The van der Waals surface area contributed by atoms with Crippen molar-refractivity contribution in [2.75, 3.05) is 12.4 Å². The third-order valence-corrected chi connectivity index (χ3v) is 5.90. The smallest absolute Gasteiger partial charge is 0.346 e. The van der Waals surface area contributed by atoms with Crippen LogP contribution in [0.2, 0.25) is 0 Å². The fourth-order valence-corrected chi connectivity index (χ4v) is 4.61. The number of aromatic nitrogens is 2. The van der Waals surface area contributed by atoms with E-state index in [0.717, 1.165) is 16.0 Å². The van der Waals surface area contributed by atoms with Gasteiger partial charge in [0, 0.05) is 36.0 Å². The summed E-state index contributed by atoms with van der Waals surface area (Å²) >= 11 is 1.21. The largest absolute Gasteiger partial charge is 0.497 e. The van der Waals surface area contributed by atoms with Crippen molar-refractivity contribution >= 4 is 28.9 Å². The molecule has 2 aromatic heterocycles. The summed E-state index contributed by atoms with van der Waals surface area (Å²) in [6, 6.07) is 7.14. The van der Waals surface area contributed by atoms with Gasteiger partial charge in [0.2, 0.25) is 5.91 Å². The summed E-state index contributed by atoms with van der Waals surface area (Å²) < 4.78 is 6.86. The Morgan fingerprint density at radius 2 is 2.11 bits per heavy atom. The Hall–Kier alpha value is -3.13. The van der Waals surface area contributed by atoms with Crippen LogP contribution in [0.3, 0.4) is 0 Å². The summed E-state index contributed by atoms with van der Waals surface area (Å²) in [5, 5.41) is 16.8. The Balaban J connectivity index is 1.90. The Morgan fingerprint density at radius 1 is 1.37 bits per heavy atom. The van der Waals surface area contributed by atoms with Gasteiger partial charge >= 0.3 is 5.97 Å². The molecule has 27 heavy (non-hydrogen) atoms. The van der Waals surface area contributed by atoms with Crippen molar-refractivity contribution in [2.24, 2.45) is 7.05 Å². The number of carboxylic acid groups (broad SMARTS) is 1. The number of aryl methyl sites for hydroxylation is 1. The van der Waals surface area contributed by atoms with Crippen LogP contribution in [0.4, 0.5) is 5.69 Å². The van der Waals surface area contributed by atoms with Crippen LogP contribution in [0.5, 0.6) is 5.75 Å². The third-order valence-electron chi connectivity index (χ3n) is 4.61. The highest BCUT2D eigenvalue weighted by molar-refractivity contribution is 7.15. The van der Waals surface area contributed by atoms with Gasteiger partial charge in [-0.15, -0.1) is 11.3 Å². The van der Waals surface area contributed by atoms with E-state index in [0.29, 0.717) is 17.0 Å². The SMILES string of the molecule is COc1ccc(-c2c(C(=O)O)sc3c2NC(=O)C[C@@H]3c2cnn(C)c2)cc1. The lowest BCUT2D eigenvalue weighted by molar-refractivity contribution is -0.116. The minimum Gasteiger partial charge on any atom is -0.497 e. The lowest BCUT2D eigenvalue weighted by Crippen LogP contribution is -2.22. The van der Waals surface area contributed by atoms with Crippen molar-refractivity contribution in [2.45, 2.75) is 12.3 Å². The zero-order chi connectivity index (χ0) is 19.1. The van der Waals surface area contributed by atoms with Gasteiger partial charge in [0.1, 0.15) is 10.6 Å². The first-order chi connectivity index (χ1) is 13.0. The molecule has 0 bridgehead atoms. The van der Waals surface area contributed by atoms with Gasteiger partial charge in [0.05, 0.1) is 19.0 Å². The van der Waals surface area contributed by atoms with Crippen LogP contribution < -0.4 is 10.1 Å². The first kappa shape index (κ1) is 17.3. The summed E-state index contributed by atoms with van der Waals surface area (Å²) in [5.41, 5.74) is 2.73. The number of methoxy groups -OCH3 is 1. The molecule has 0 saturated carbocycles. The maximum Gasteiger partial charge on any atom is 0.346 e. The summed E-state index contributed by atoms with van der Waals surface area (Å²) in [6.07, 6.45) is 3.85. The van der Waals surface area contributed by atoms with Crippen LogP contribution in [0.25, 0.3) is 11.1 Å². The fraction of sp³-hybridized carbons (Fsp3) is 0.211. The number of thiophene rings is 1. The summed E-state index contributed by atoms with van der Waals surface area (Å²) in [7, 11) is 3.38. The van der Waals surface area contributed by atoms with Gasteiger partial charge in [-0.3, -0.25) is 9.48 Å². The number of hydrogen-bond donors (Lipinski definition) is 2. The van der Waals surface area contributed by atoms with E-state index < -0.39 is 5.97 Å². The number of carboxylic acids is 1. The minimum absolute atomic E-state index is 0.138. The maximum atomic E-state index is 12.4. The van der Waals surface area contributed by atoms with Gasteiger partial charge in [0.25, 0.3) is 0 Å². The Morgan fingerprint density at radius 3 is 2.70 bits per heavy atom. The molecule has 0 radical (unpaired) electrons. The molecule has 7 nitrogen and oxygen atoms in total. The van der Waals surface area contributed by atoms with Gasteiger partial charge in [-0.25, -0.2) is 4.79 Å². The number of anilines is 1.